The molecule has 4 aromatic carbocycles. The van der Waals surface area contributed by atoms with Gasteiger partial charge in [0.05, 0.1) is 21.1 Å². The van der Waals surface area contributed by atoms with E-state index in [1.54, 1.807) is 45.6 Å². The molecule has 0 radical (unpaired) electrons. The van der Waals surface area contributed by atoms with Crippen molar-refractivity contribution < 1.29 is 19.2 Å². The lowest BCUT2D eigenvalue weighted by Crippen LogP contribution is -2.49. The molecule has 0 unspecified atom stereocenters. The predicted molar refractivity (Wildman–Crippen MR) is 291 cm³/mol. The molecule has 2 aliphatic heterocycles. The van der Waals surface area contributed by atoms with Crippen LogP contribution in [-0.2, 0) is 45.4 Å². The minimum atomic E-state index is -0.124. The minimum absolute atomic E-state index is 0.0119. The summed E-state index contributed by atoms with van der Waals surface area (Å²) in [4.78, 5) is 64.5. The molecular weight excluding hydrogens is 952 g/mol. The Bertz CT molecular complexity index is 2860. The van der Waals surface area contributed by atoms with E-state index in [9.17, 15) is 19.2 Å². The van der Waals surface area contributed by atoms with Gasteiger partial charge in [-0.2, -0.15) is 0 Å². The topological polar surface area (TPSA) is 97.6 Å². The predicted octanol–water partition coefficient (Wildman–Crippen LogP) is 9.96. The van der Waals surface area contributed by atoms with E-state index in [0.29, 0.717) is 62.4 Å². The summed E-state index contributed by atoms with van der Waals surface area (Å²) >= 11 is 17.0. The van der Waals surface area contributed by atoms with Gasteiger partial charge in [0, 0.05) is 160 Å². The molecule has 71 heavy (non-hydrogen) atoms. The van der Waals surface area contributed by atoms with Gasteiger partial charge in [-0.25, -0.2) is 0 Å². The molecule has 0 bridgehead atoms. The number of rotatable bonds is 14. The monoisotopic (exact) mass is 1010 g/mol. The first kappa shape index (κ1) is 51.5. The zero-order valence-corrected chi connectivity index (χ0v) is 44.4. The number of nitrogens with zero attached hydrogens (tertiary/aromatic N) is 8. The molecule has 2 fully saturated rings. The molecule has 15 heteroatoms. The van der Waals surface area contributed by atoms with E-state index in [4.69, 9.17) is 23.2 Å². The van der Waals surface area contributed by atoms with Crippen LogP contribution in [-0.4, -0.2) is 143 Å². The van der Waals surface area contributed by atoms with Crippen molar-refractivity contribution in [3.63, 3.8) is 0 Å². The first-order chi connectivity index (χ1) is 34.1. The highest BCUT2D eigenvalue weighted by Gasteiger charge is 2.26. The van der Waals surface area contributed by atoms with Gasteiger partial charge in [-0.1, -0.05) is 83.5 Å². The second kappa shape index (κ2) is 22.3. The van der Waals surface area contributed by atoms with Gasteiger partial charge in [-0.05, 0) is 88.6 Å². The normalized spacial score (nSPS) is 14.7. The molecule has 2 aliphatic rings. The number of carbonyl (C=O) groups excluding carboxylic acids is 4. The molecule has 0 spiro atoms. The zero-order chi connectivity index (χ0) is 50.7. The molecule has 12 nitrogen and oxygen atoms in total. The number of halogens is 2. The van der Waals surface area contributed by atoms with Crippen LogP contribution >= 0.6 is 35.0 Å². The van der Waals surface area contributed by atoms with Gasteiger partial charge < -0.3 is 38.5 Å². The third-order valence-corrected chi connectivity index (χ3v) is 15.7. The van der Waals surface area contributed by atoms with Gasteiger partial charge >= 0.3 is 0 Å². The number of amides is 4. The Morgan fingerprint density at radius 1 is 0.549 bits per heavy atom. The van der Waals surface area contributed by atoms with Crippen LogP contribution < -0.4 is 0 Å². The number of aryl methyl sites for hydroxylation is 2. The Morgan fingerprint density at radius 2 is 0.915 bits per heavy atom. The summed E-state index contributed by atoms with van der Waals surface area (Å²) in [7, 11) is 8.28. The van der Waals surface area contributed by atoms with Crippen molar-refractivity contribution in [1.82, 2.24) is 38.5 Å². The number of para-hydroxylation sites is 2. The van der Waals surface area contributed by atoms with E-state index in [0.717, 1.165) is 91.2 Å². The van der Waals surface area contributed by atoms with Gasteiger partial charge in [-0.15, -0.1) is 0 Å². The molecule has 0 aliphatic carbocycles. The van der Waals surface area contributed by atoms with E-state index in [2.05, 4.69) is 110 Å². The largest absolute Gasteiger partial charge is 0.347 e. The van der Waals surface area contributed by atoms with E-state index in [1.165, 1.54) is 22.9 Å². The fourth-order valence-electron chi connectivity index (χ4n) is 9.97. The van der Waals surface area contributed by atoms with Gasteiger partial charge in [0.2, 0.25) is 23.6 Å². The van der Waals surface area contributed by atoms with Crippen molar-refractivity contribution >= 4 is 92.6 Å². The smallest absolute Gasteiger partial charge is 0.246 e. The van der Waals surface area contributed by atoms with Crippen molar-refractivity contribution in [3.05, 3.63) is 118 Å². The third-order valence-electron chi connectivity index (χ3n) is 13.5. The van der Waals surface area contributed by atoms with E-state index in [-0.39, 0.29) is 23.6 Å². The highest BCUT2D eigenvalue weighted by atomic mass is 35.5. The van der Waals surface area contributed by atoms with Crippen molar-refractivity contribution in [1.29, 1.82) is 0 Å². The summed E-state index contributed by atoms with van der Waals surface area (Å²) in [6.07, 6.45) is 11.4. The molecule has 0 N–H and O–H groups in total. The number of benzene rings is 4. The Balaban J connectivity index is 1.25. The quantitative estimate of drug-likeness (QED) is 0.100. The molecule has 0 atom stereocenters. The lowest BCUT2D eigenvalue weighted by Gasteiger charge is -2.33. The summed E-state index contributed by atoms with van der Waals surface area (Å²) in [6.45, 7) is 14.3. The molecule has 6 aromatic rings. The number of aromatic nitrogens is 2. The maximum Gasteiger partial charge on any atom is 0.246 e. The molecule has 4 heterocycles. The van der Waals surface area contributed by atoms with Gasteiger partial charge in [0.15, 0.2) is 0 Å². The summed E-state index contributed by atoms with van der Waals surface area (Å²) < 4.78 is 4.55. The summed E-state index contributed by atoms with van der Waals surface area (Å²) in [5.74, 6) is -0.224. The van der Waals surface area contributed by atoms with Crippen molar-refractivity contribution in [2.45, 2.75) is 63.7 Å². The summed E-state index contributed by atoms with van der Waals surface area (Å²) in [5.41, 5.74) is 9.61. The van der Waals surface area contributed by atoms with Crippen molar-refractivity contribution in [2.24, 2.45) is 0 Å². The Labute approximate surface area is 432 Å². The summed E-state index contributed by atoms with van der Waals surface area (Å²) in [6, 6.07) is 20.7. The molecule has 0 saturated carbocycles. The maximum atomic E-state index is 13.7. The van der Waals surface area contributed by atoms with Gasteiger partial charge in [0.1, 0.15) is 0 Å². The maximum absolute atomic E-state index is 13.7. The van der Waals surface area contributed by atoms with E-state index in [1.807, 2.05) is 36.4 Å². The van der Waals surface area contributed by atoms with Crippen LogP contribution in [0.4, 0.5) is 0 Å². The number of hydrogen-bond donors (Lipinski definition) is 0. The molecule has 8 rings (SSSR count). The molecule has 4 amide bonds. The molecule has 2 saturated heterocycles. The minimum Gasteiger partial charge on any atom is -0.347 e. The molecular formula is C56H64Cl2N8O4S. The fraction of sp³-hybridized carbons (Fsp3) is 0.357. The van der Waals surface area contributed by atoms with E-state index >= 15 is 0 Å². The van der Waals surface area contributed by atoms with Crippen LogP contribution in [0, 0.1) is 0 Å². The lowest BCUT2D eigenvalue weighted by molar-refractivity contribution is -0.135. The zero-order valence-electron chi connectivity index (χ0n) is 42.1. The molecule has 2 aromatic heterocycles. The van der Waals surface area contributed by atoms with Crippen LogP contribution in [0.1, 0.15) is 49.9 Å². The highest BCUT2D eigenvalue weighted by molar-refractivity contribution is 7.99. The Kier molecular flexibility index (Phi) is 16.2. The van der Waals surface area contributed by atoms with Gasteiger partial charge in [-0.3, -0.25) is 19.2 Å². The van der Waals surface area contributed by atoms with Crippen molar-refractivity contribution in [2.75, 3.05) is 80.5 Å². The summed E-state index contributed by atoms with van der Waals surface area (Å²) in [5, 5.41) is 3.32. The fourth-order valence-corrected chi connectivity index (χ4v) is 11.6. The highest BCUT2D eigenvalue weighted by Crippen LogP contribution is 2.48. The molecule has 372 valence electrons. The first-order valence-corrected chi connectivity index (χ1v) is 25.9. The van der Waals surface area contributed by atoms with Gasteiger partial charge in [0.25, 0.3) is 0 Å². The van der Waals surface area contributed by atoms with Crippen LogP contribution in [0.2, 0.25) is 10.0 Å². The number of fused-ring (bicyclic) bond motifs is 2. The SMILES string of the molecule is CCn1cc(CN(C)C)c2cccc(-c3c(/C=C/C(=O)N4CCN(C(C)=O)CC4)ccc(Sc4ccc(/C=C/C(=O)N5CCN(C(C)=O)CC5)c(-c5cccc6c(CN(C)C)cn(CC)c56)c4Cl)c3Cl)c21. The average Bonchev–Trinajstić information content (AvgIpc) is 3.90. The number of hydrogen-bond acceptors (Lipinski definition) is 7. The standard InChI is InChI=1S/C56H64Cl2N8O4S/c1-9-61-35-41(33-59(5)6)43-13-11-15-45(55(43)61)51-39(19-23-49(69)65-29-25-63(26-30-65)37(3)67)17-21-47(53(51)57)71-48-22-18-40(20-24-50(70)66-31-27-64(28-32-66)38(4)68)52(54(48)58)46-16-12-14-44-42(34-60(7)8)36-62(10-2)56(44)46/h11-24,35-36H,9-10,25-34H2,1-8H3/b23-19+,24-20+. The van der Waals surface area contributed by atoms with Crippen LogP contribution in [0.3, 0.4) is 0 Å². The van der Waals surface area contributed by atoms with Crippen molar-refractivity contribution in [3.8, 4) is 22.3 Å². The van der Waals surface area contributed by atoms with Crippen LogP contribution in [0.5, 0.6) is 0 Å². The Hall–Kier alpha value is -5.83. The van der Waals surface area contributed by atoms with Crippen LogP contribution in [0.15, 0.2) is 95.0 Å². The number of piperazine rings is 2. The first-order valence-electron chi connectivity index (χ1n) is 24.4. The van der Waals surface area contributed by atoms with Crippen LogP contribution in [0.25, 0.3) is 56.2 Å². The number of carbonyl (C=O) groups is 4. The Morgan fingerprint density at radius 3 is 1.25 bits per heavy atom. The second-order valence-electron chi connectivity index (χ2n) is 18.9. The third kappa shape index (κ3) is 11.0. The average molecular weight is 1020 g/mol. The second-order valence-corrected chi connectivity index (χ2v) is 20.7. The lowest BCUT2D eigenvalue weighted by atomic mass is 9.96. The van der Waals surface area contributed by atoms with E-state index < -0.39 is 0 Å².